The molecule has 0 aliphatic carbocycles. The molecule has 4 nitrogen and oxygen atoms in total. The Morgan fingerprint density at radius 1 is 1.43 bits per heavy atom. The van der Waals surface area contributed by atoms with Crippen molar-refractivity contribution in [3.8, 4) is 0 Å². The predicted molar refractivity (Wildman–Crippen MR) is 52.8 cm³/mol. The minimum Gasteiger partial charge on any atom is -0.399 e. The van der Waals surface area contributed by atoms with E-state index < -0.39 is 0 Å². The highest BCUT2D eigenvalue weighted by Gasteiger charge is 2.06. The van der Waals surface area contributed by atoms with Gasteiger partial charge in [0.1, 0.15) is 6.33 Å². The molecule has 0 unspecified atom stereocenters. The molecule has 0 amide bonds. The lowest BCUT2D eigenvalue weighted by Gasteiger charge is -2.01. The minimum absolute atomic E-state index is 0.130. The van der Waals surface area contributed by atoms with Gasteiger partial charge >= 0.3 is 0 Å². The van der Waals surface area contributed by atoms with Gasteiger partial charge in [-0.05, 0) is 18.2 Å². The number of nitrogens with two attached hydrogens (primary N) is 1. The summed E-state index contributed by atoms with van der Waals surface area (Å²) in [4.78, 5) is 15.5. The first-order valence-corrected chi connectivity index (χ1v) is 4.15. The molecule has 0 aliphatic rings. The number of benzene rings is 1. The first kappa shape index (κ1) is 8.50. The Balaban J connectivity index is 2.37. The Kier molecular flexibility index (Phi) is 2.02. The van der Waals surface area contributed by atoms with Gasteiger partial charge in [0, 0.05) is 23.6 Å². The number of nitrogens with zero attached hydrogens (tertiary/aromatic N) is 2. The number of anilines is 1. The molecule has 4 heteroatoms. The molecule has 2 N–H and O–H groups in total. The number of carbonyl (C=O) groups is 1. The predicted octanol–water partition coefficient (Wildman–Crippen LogP) is 1.15. The van der Waals surface area contributed by atoms with Gasteiger partial charge in [-0.25, -0.2) is 4.98 Å². The van der Waals surface area contributed by atoms with Crippen LogP contribution in [0, 0.1) is 0 Å². The second-order valence-electron chi connectivity index (χ2n) is 2.90. The standard InChI is InChI=1S/C10H9N3O/c11-9-3-1-2-8(6-9)10(14)13-5-4-12-7-13/h1-7H,11H2. The summed E-state index contributed by atoms with van der Waals surface area (Å²) < 4.78 is 1.41. The Hall–Kier alpha value is -2.10. The van der Waals surface area contributed by atoms with Gasteiger partial charge in [-0.15, -0.1) is 0 Å². The molecule has 0 atom stereocenters. The molecule has 0 aliphatic heterocycles. The molecule has 2 aromatic rings. The topological polar surface area (TPSA) is 60.9 Å². The number of aromatic nitrogens is 2. The minimum atomic E-state index is -0.130. The third-order valence-electron chi connectivity index (χ3n) is 1.87. The van der Waals surface area contributed by atoms with Crippen molar-refractivity contribution in [1.82, 2.24) is 9.55 Å². The molecule has 0 fully saturated rings. The third-order valence-corrected chi connectivity index (χ3v) is 1.87. The highest BCUT2D eigenvalue weighted by Crippen LogP contribution is 2.08. The number of nitrogen functional groups attached to an aromatic ring is 1. The fourth-order valence-electron chi connectivity index (χ4n) is 1.20. The molecule has 1 aromatic carbocycles. The van der Waals surface area contributed by atoms with Crippen LogP contribution in [0.2, 0.25) is 0 Å². The van der Waals surface area contributed by atoms with Crippen LogP contribution in [0.4, 0.5) is 5.69 Å². The zero-order valence-electron chi connectivity index (χ0n) is 7.42. The maximum atomic E-state index is 11.7. The van der Waals surface area contributed by atoms with Crippen molar-refractivity contribution in [3.63, 3.8) is 0 Å². The summed E-state index contributed by atoms with van der Waals surface area (Å²) in [5, 5.41) is 0. The van der Waals surface area contributed by atoms with Crippen molar-refractivity contribution < 1.29 is 4.79 Å². The van der Waals surface area contributed by atoms with Crippen LogP contribution in [0.5, 0.6) is 0 Å². The number of imidazole rings is 1. The van der Waals surface area contributed by atoms with Crippen LogP contribution in [-0.4, -0.2) is 15.5 Å². The summed E-state index contributed by atoms with van der Waals surface area (Å²) in [5.74, 6) is -0.130. The third kappa shape index (κ3) is 1.50. The molecule has 0 saturated heterocycles. The van der Waals surface area contributed by atoms with E-state index in [0.29, 0.717) is 11.3 Å². The van der Waals surface area contributed by atoms with Crippen molar-refractivity contribution in [1.29, 1.82) is 0 Å². The van der Waals surface area contributed by atoms with Crippen molar-refractivity contribution in [2.45, 2.75) is 0 Å². The van der Waals surface area contributed by atoms with Crippen molar-refractivity contribution in [2.24, 2.45) is 0 Å². The second kappa shape index (κ2) is 3.33. The van der Waals surface area contributed by atoms with E-state index in [1.165, 1.54) is 10.9 Å². The van der Waals surface area contributed by atoms with Crippen LogP contribution in [0.25, 0.3) is 0 Å². The molecule has 0 bridgehead atoms. The molecule has 1 aromatic heterocycles. The summed E-state index contributed by atoms with van der Waals surface area (Å²) in [6, 6.07) is 6.85. The zero-order chi connectivity index (χ0) is 9.97. The first-order valence-electron chi connectivity index (χ1n) is 4.15. The number of hydrogen-bond donors (Lipinski definition) is 1. The highest BCUT2D eigenvalue weighted by molar-refractivity contribution is 5.96. The molecule has 70 valence electrons. The van der Waals surface area contributed by atoms with Crippen LogP contribution < -0.4 is 5.73 Å². The van der Waals surface area contributed by atoms with Crippen molar-refractivity contribution >= 4 is 11.6 Å². The fourth-order valence-corrected chi connectivity index (χ4v) is 1.20. The van der Waals surface area contributed by atoms with E-state index in [4.69, 9.17) is 5.73 Å². The highest BCUT2D eigenvalue weighted by atomic mass is 16.2. The fraction of sp³-hybridized carbons (Fsp3) is 0. The second-order valence-corrected chi connectivity index (χ2v) is 2.90. The molecule has 0 saturated carbocycles. The number of rotatable bonds is 1. The number of carbonyl (C=O) groups excluding carboxylic acids is 1. The van der Waals surface area contributed by atoms with E-state index in [1.807, 2.05) is 0 Å². The maximum Gasteiger partial charge on any atom is 0.263 e. The van der Waals surface area contributed by atoms with E-state index in [1.54, 1.807) is 36.7 Å². The molecule has 1 heterocycles. The Bertz CT molecular complexity index is 448. The van der Waals surface area contributed by atoms with Gasteiger partial charge in [0.15, 0.2) is 0 Å². The van der Waals surface area contributed by atoms with Crippen LogP contribution in [0.3, 0.4) is 0 Å². The first-order chi connectivity index (χ1) is 6.77. The summed E-state index contributed by atoms with van der Waals surface area (Å²) in [6.07, 6.45) is 4.63. The average molecular weight is 187 g/mol. The van der Waals surface area contributed by atoms with Gasteiger partial charge in [0.25, 0.3) is 5.91 Å². The van der Waals surface area contributed by atoms with Crippen LogP contribution in [-0.2, 0) is 0 Å². The van der Waals surface area contributed by atoms with Gasteiger partial charge in [0.2, 0.25) is 0 Å². The molecule has 0 spiro atoms. The summed E-state index contributed by atoms with van der Waals surface area (Å²) >= 11 is 0. The quantitative estimate of drug-likeness (QED) is 0.681. The van der Waals surface area contributed by atoms with Crippen LogP contribution in [0.15, 0.2) is 43.0 Å². The summed E-state index contributed by atoms with van der Waals surface area (Å²) in [6.45, 7) is 0. The van der Waals surface area contributed by atoms with Gasteiger partial charge in [-0.1, -0.05) is 6.07 Å². The van der Waals surface area contributed by atoms with E-state index in [9.17, 15) is 4.79 Å². The van der Waals surface area contributed by atoms with Crippen LogP contribution in [0.1, 0.15) is 10.4 Å². The van der Waals surface area contributed by atoms with Crippen molar-refractivity contribution in [3.05, 3.63) is 48.5 Å². The number of hydrogen-bond acceptors (Lipinski definition) is 3. The molecular weight excluding hydrogens is 178 g/mol. The van der Waals surface area contributed by atoms with Gasteiger partial charge in [-0.3, -0.25) is 9.36 Å². The van der Waals surface area contributed by atoms with E-state index in [2.05, 4.69) is 4.98 Å². The normalized spacial score (nSPS) is 10.0. The van der Waals surface area contributed by atoms with E-state index in [0.717, 1.165) is 0 Å². The van der Waals surface area contributed by atoms with Gasteiger partial charge in [0.05, 0.1) is 0 Å². The van der Waals surface area contributed by atoms with Gasteiger partial charge < -0.3 is 5.73 Å². The SMILES string of the molecule is Nc1cccc(C(=O)n2ccnc2)c1. The van der Waals surface area contributed by atoms with E-state index in [-0.39, 0.29) is 5.91 Å². The summed E-state index contributed by atoms with van der Waals surface area (Å²) in [7, 11) is 0. The maximum absolute atomic E-state index is 11.7. The molecule has 14 heavy (non-hydrogen) atoms. The van der Waals surface area contributed by atoms with Crippen molar-refractivity contribution in [2.75, 3.05) is 5.73 Å². The van der Waals surface area contributed by atoms with Gasteiger partial charge in [-0.2, -0.15) is 0 Å². The lowest BCUT2D eigenvalue weighted by molar-refractivity contribution is 0.0960. The smallest absolute Gasteiger partial charge is 0.263 e. The molecule has 2 rings (SSSR count). The largest absolute Gasteiger partial charge is 0.399 e. The summed E-state index contributed by atoms with van der Waals surface area (Å²) in [5.41, 5.74) is 6.71. The Labute approximate surface area is 81.0 Å². The lowest BCUT2D eigenvalue weighted by atomic mass is 10.2. The molecular formula is C10H9N3O. The van der Waals surface area contributed by atoms with E-state index >= 15 is 0 Å². The zero-order valence-corrected chi connectivity index (χ0v) is 7.42. The Morgan fingerprint density at radius 3 is 2.93 bits per heavy atom. The molecule has 0 radical (unpaired) electrons. The lowest BCUT2D eigenvalue weighted by Crippen LogP contribution is -2.09. The average Bonchev–Trinajstić information content (AvgIpc) is 2.69. The monoisotopic (exact) mass is 187 g/mol. The Morgan fingerprint density at radius 2 is 2.29 bits per heavy atom. The van der Waals surface area contributed by atoms with Crippen LogP contribution >= 0.6 is 0 Å².